The summed E-state index contributed by atoms with van der Waals surface area (Å²) in [6.45, 7) is 0.204. The first kappa shape index (κ1) is 16.2. The molecule has 6 heteroatoms. The molecule has 0 unspecified atom stereocenters. The zero-order valence-electron chi connectivity index (χ0n) is 13.0. The molecule has 1 aliphatic rings. The summed E-state index contributed by atoms with van der Waals surface area (Å²) in [7, 11) is 1.81. The second-order valence-electron chi connectivity index (χ2n) is 5.40. The molecule has 122 valence electrons. The monoisotopic (exact) mass is 343 g/mol. The summed E-state index contributed by atoms with van der Waals surface area (Å²) >= 11 is 6.13. The van der Waals surface area contributed by atoms with E-state index >= 15 is 0 Å². The summed E-state index contributed by atoms with van der Waals surface area (Å²) < 4.78 is 14.3. The average Bonchev–Trinajstić information content (AvgIpc) is 2.66. The van der Waals surface area contributed by atoms with Gasteiger partial charge >= 0.3 is 0 Å². The van der Waals surface area contributed by atoms with Gasteiger partial charge < -0.3 is 10.6 Å². The van der Waals surface area contributed by atoms with Crippen molar-refractivity contribution in [3.05, 3.63) is 76.2 Å². The van der Waals surface area contributed by atoms with Gasteiger partial charge in [0.25, 0.3) is 0 Å². The number of benzodiazepines with no additional fused rings is 1. The summed E-state index contributed by atoms with van der Waals surface area (Å²) in [6.07, 6.45) is 1.33. The van der Waals surface area contributed by atoms with E-state index in [0.29, 0.717) is 27.6 Å². The number of primary amides is 1. The van der Waals surface area contributed by atoms with Crippen molar-refractivity contribution < 1.29 is 9.18 Å². The second kappa shape index (κ2) is 6.45. The molecule has 0 saturated heterocycles. The van der Waals surface area contributed by atoms with E-state index in [2.05, 4.69) is 4.99 Å². The fourth-order valence-corrected chi connectivity index (χ4v) is 2.86. The molecule has 3 rings (SSSR count). The number of nitrogens with two attached hydrogens (primary N) is 1. The summed E-state index contributed by atoms with van der Waals surface area (Å²) in [4.78, 5) is 17.6. The van der Waals surface area contributed by atoms with Crippen LogP contribution in [-0.2, 0) is 4.79 Å². The number of rotatable bonds is 2. The van der Waals surface area contributed by atoms with Crippen LogP contribution in [0.3, 0.4) is 0 Å². The van der Waals surface area contributed by atoms with Crippen LogP contribution >= 0.6 is 11.6 Å². The van der Waals surface area contributed by atoms with Crippen LogP contribution in [0, 0.1) is 5.82 Å². The van der Waals surface area contributed by atoms with E-state index in [4.69, 9.17) is 17.3 Å². The van der Waals surface area contributed by atoms with Crippen molar-refractivity contribution >= 4 is 28.9 Å². The topological polar surface area (TPSA) is 58.7 Å². The number of amides is 1. The summed E-state index contributed by atoms with van der Waals surface area (Å²) in [5.41, 5.74) is 8.24. The number of carbonyl (C=O) groups is 1. The third-order valence-corrected chi connectivity index (χ3v) is 4.08. The molecule has 0 aliphatic carbocycles. The zero-order valence-corrected chi connectivity index (χ0v) is 13.7. The number of carbonyl (C=O) groups excluding carboxylic acids is 1. The van der Waals surface area contributed by atoms with Gasteiger partial charge in [-0.1, -0.05) is 23.7 Å². The number of nitrogens with zero attached hydrogens (tertiary/aromatic N) is 2. The Morgan fingerprint density at radius 2 is 2.04 bits per heavy atom. The van der Waals surface area contributed by atoms with Gasteiger partial charge in [0.15, 0.2) is 0 Å². The number of likely N-dealkylation sites (N-methyl/N-ethyl adjacent to an activating group) is 1. The third kappa shape index (κ3) is 3.03. The number of aliphatic imine (C=N–C) groups is 1. The van der Waals surface area contributed by atoms with Gasteiger partial charge in [-0.25, -0.2) is 4.39 Å². The number of anilines is 1. The van der Waals surface area contributed by atoms with Gasteiger partial charge in [0.2, 0.25) is 5.91 Å². The molecule has 0 saturated carbocycles. The molecule has 2 aromatic rings. The highest BCUT2D eigenvalue weighted by atomic mass is 35.5. The smallest absolute Gasteiger partial charge is 0.243 e. The zero-order chi connectivity index (χ0) is 17.3. The third-order valence-electron chi connectivity index (χ3n) is 3.84. The molecule has 4 nitrogen and oxygen atoms in total. The number of benzene rings is 2. The molecule has 0 radical (unpaired) electrons. The minimum Gasteiger partial charge on any atom is -0.366 e. The van der Waals surface area contributed by atoms with Crippen LogP contribution in [0.2, 0.25) is 5.02 Å². The maximum Gasteiger partial charge on any atom is 0.243 e. The Bertz CT molecular complexity index is 876. The van der Waals surface area contributed by atoms with E-state index in [-0.39, 0.29) is 12.4 Å². The molecular formula is C18H15ClFN3O. The first-order valence-electron chi connectivity index (χ1n) is 7.30. The molecule has 0 bridgehead atoms. The Balaban J connectivity index is 2.25. The summed E-state index contributed by atoms with van der Waals surface area (Å²) in [5, 5.41) is 0.522. The van der Waals surface area contributed by atoms with E-state index in [0.717, 1.165) is 5.69 Å². The van der Waals surface area contributed by atoms with Gasteiger partial charge in [0.05, 0.1) is 17.9 Å². The van der Waals surface area contributed by atoms with Crippen molar-refractivity contribution in [2.45, 2.75) is 0 Å². The van der Waals surface area contributed by atoms with Gasteiger partial charge in [-0.05, 0) is 30.3 Å². The molecule has 1 amide bonds. The lowest BCUT2D eigenvalue weighted by Gasteiger charge is -2.22. The Morgan fingerprint density at radius 1 is 1.29 bits per heavy atom. The predicted octanol–water partition coefficient (Wildman–Crippen LogP) is 3.14. The van der Waals surface area contributed by atoms with Crippen molar-refractivity contribution in [3.8, 4) is 0 Å². The summed E-state index contributed by atoms with van der Waals surface area (Å²) in [5.74, 6) is -0.927. The van der Waals surface area contributed by atoms with Gasteiger partial charge in [0, 0.05) is 35.0 Å². The molecule has 2 N–H and O–H groups in total. The fourth-order valence-electron chi connectivity index (χ4n) is 2.69. The maximum atomic E-state index is 14.3. The molecule has 1 aliphatic heterocycles. The average molecular weight is 344 g/mol. The number of halogens is 2. The van der Waals surface area contributed by atoms with Crippen molar-refractivity contribution in [1.82, 2.24) is 0 Å². The van der Waals surface area contributed by atoms with Crippen LogP contribution in [0.25, 0.3) is 0 Å². The minimum atomic E-state index is -0.558. The Labute approximate surface area is 144 Å². The molecule has 0 aromatic heterocycles. The van der Waals surface area contributed by atoms with Crippen molar-refractivity contribution in [1.29, 1.82) is 0 Å². The van der Waals surface area contributed by atoms with Crippen LogP contribution in [0.15, 0.2) is 59.2 Å². The lowest BCUT2D eigenvalue weighted by atomic mass is 10.00. The molecule has 2 aromatic carbocycles. The highest BCUT2D eigenvalue weighted by Gasteiger charge is 2.22. The van der Waals surface area contributed by atoms with Crippen molar-refractivity contribution in [2.75, 3.05) is 18.5 Å². The Kier molecular flexibility index (Phi) is 4.36. The van der Waals surface area contributed by atoms with Crippen LogP contribution in [0.4, 0.5) is 10.1 Å². The SMILES string of the molecule is CN1C(=CC(N)=O)CN=C(c2ccccc2F)c2cc(Cl)ccc21. The van der Waals surface area contributed by atoms with E-state index in [1.807, 2.05) is 11.0 Å². The Morgan fingerprint density at radius 3 is 2.75 bits per heavy atom. The largest absolute Gasteiger partial charge is 0.366 e. The Hall–Kier alpha value is -2.66. The molecular weight excluding hydrogens is 329 g/mol. The lowest BCUT2D eigenvalue weighted by Crippen LogP contribution is -2.21. The molecule has 24 heavy (non-hydrogen) atoms. The van der Waals surface area contributed by atoms with E-state index in [9.17, 15) is 9.18 Å². The predicted molar refractivity (Wildman–Crippen MR) is 94.0 cm³/mol. The number of fused-ring (bicyclic) bond motifs is 1. The second-order valence-corrected chi connectivity index (χ2v) is 5.84. The molecule has 0 atom stereocenters. The van der Waals surface area contributed by atoms with Gasteiger partial charge in [-0.3, -0.25) is 9.79 Å². The maximum absolute atomic E-state index is 14.3. The van der Waals surface area contributed by atoms with E-state index in [1.54, 1.807) is 37.4 Å². The van der Waals surface area contributed by atoms with E-state index < -0.39 is 5.91 Å². The lowest BCUT2D eigenvalue weighted by molar-refractivity contribution is -0.113. The van der Waals surface area contributed by atoms with E-state index in [1.165, 1.54) is 12.1 Å². The molecule has 0 fully saturated rings. The van der Waals surface area contributed by atoms with Crippen LogP contribution in [0.1, 0.15) is 11.1 Å². The van der Waals surface area contributed by atoms with Gasteiger partial charge in [-0.2, -0.15) is 0 Å². The van der Waals surface area contributed by atoms with Gasteiger partial charge in [0.1, 0.15) is 5.82 Å². The molecule has 1 heterocycles. The highest BCUT2D eigenvalue weighted by Crippen LogP contribution is 2.31. The number of hydrogen-bond donors (Lipinski definition) is 1. The molecule has 0 spiro atoms. The van der Waals surface area contributed by atoms with Crippen molar-refractivity contribution in [2.24, 2.45) is 10.7 Å². The number of hydrogen-bond acceptors (Lipinski definition) is 3. The quantitative estimate of drug-likeness (QED) is 0.852. The normalized spacial score (nSPS) is 15.7. The van der Waals surface area contributed by atoms with Crippen LogP contribution in [-0.4, -0.2) is 25.2 Å². The van der Waals surface area contributed by atoms with Crippen molar-refractivity contribution in [3.63, 3.8) is 0 Å². The van der Waals surface area contributed by atoms with Crippen LogP contribution < -0.4 is 10.6 Å². The minimum absolute atomic E-state index is 0.204. The van der Waals surface area contributed by atoms with Gasteiger partial charge in [-0.15, -0.1) is 0 Å². The van der Waals surface area contributed by atoms with Crippen LogP contribution in [0.5, 0.6) is 0 Å². The standard InChI is InChI=1S/C18H15ClFN3O/c1-23-12(9-17(21)24)10-22-18(13-4-2-3-5-15(13)20)14-8-11(19)6-7-16(14)23/h2-9H,10H2,1H3,(H2,21,24). The highest BCUT2D eigenvalue weighted by molar-refractivity contribution is 6.31. The fraction of sp³-hybridized carbons (Fsp3) is 0.111. The summed E-state index contributed by atoms with van der Waals surface area (Å²) in [6, 6.07) is 11.7. The first-order valence-corrected chi connectivity index (χ1v) is 7.68. The first-order chi connectivity index (χ1) is 11.5.